The summed E-state index contributed by atoms with van der Waals surface area (Å²) in [5.74, 6) is -0.358. The maximum absolute atomic E-state index is 13.5. The minimum absolute atomic E-state index is 0.00860. The molecule has 1 aliphatic heterocycles. The summed E-state index contributed by atoms with van der Waals surface area (Å²) in [6.07, 6.45) is 3.40. The summed E-state index contributed by atoms with van der Waals surface area (Å²) < 4.78 is 16.5. The van der Waals surface area contributed by atoms with Crippen molar-refractivity contribution >= 4 is 44.7 Å². The zero-order valence-corrected chi connectivity index (χ0v) is 21.2. The summed E-state index contributed by atoms with van der Waals surface area (Å²) in [6.45, 7) is 2.13. The molecule has 3 aromatic carbocycles. The fourth-order valence-corrected chi connectivity index (χ4v) is 4.90. The third kappa shape index (κ3) is 5.26. The molecule has 0 radical (unpaired) electrons. The largest absolute Gasteiger partial charge is 0.338 e. The standard InChI is InChI=1S/C29H25BrFN3O2/c30-24-9-12-26-23(18-24)19-27(22-7-10-25(31)11-8-22)34(26)20-29(36)33-16-14-32(15-17-33)28(35)13-6-21-4-2-1-3-5-21/h1-13,18-19H,14-17,20H2/b13-6+. The van der Waals surface area contributed by atoms with Gasteiger partial charge in [0, 0.05) is 53.3 Å². The van der Waals surface area contributed by atoms with Gasteiger partial charge in [-0.25, -0.2) is 4.39 Å². The Hall–Kier alpha value is -3.71. The number of aromatic nitrogens is 1. The maximum Gasteiger partial charge on any atom is 0.246 e. The first-order chi connectivity index (χ1) is 17.5. The Morgan fingerprint density at radius 3 is 2.28 bits per heavy atom. The first kappa shape index (κ1) is 24.0. The molecule has 182 valence electrons. The van der Waals surface area contributed by atoms with Gasteiger partial charge in [-0.2, -0.15) is 0 Å². The number of nitrogens with zero attached hydrogens (tertiary/aromatic N) is 3. The lowest BCUT2D eigenvalue weighted by molar-refractivity contribution is -0.137. The molecular weight excluding hydrogens is 521 g/mol. The average Bonchev–Trinajstić information content (AvgIpc) is 3.25. The van der Waals surface area contributed by atoms with Crippen LogP contribution < -0.4 is 0 Å². The molecule has 2 heterocycles. The second kappa shape index (κ2) is 10.5. The molecule has 1 aliphatic rings. The third-order valence-corrected chi connectivity index (χ3v) is 6.95. The summed E-state index contributed by atoms with van der Waals surface area (Å²) in [5.41, 5.74) is 3.61. The van der Waals surface area contributed by atoms with Crippen LogP contribution in [-0.4, -0.2) is 52.4 Å². The molecule has 0 atom stereocenters. The number of amides is 2. The Morgan fingerprint density at radius 2 is 1.56 bits per heavy atom. The van der Waals surface area contributed by atoms with Gasteiger partial charge in [-0.05, 0) is 65.7 Å². The lowest BCUT2D eigenvalue weighted by Gasteiger charge is -2.34. The molecule has 0 bridgehead atoms. The monoisotopic (exact) mass is 545 g/mol. The number of carbonyl (C=O) groups excluding carboxylic acids is 2. The van der Waals surface area contributed by atoms with Crippen molar-refractivity contribution in [1.29, 1.82) is 0 Å². The highest BCUT2D eigenvalue weighted by Gasteiger charge is 2.24. The molecule has 0 spiro atoms. The number of hydrogen-bond donors (Lipinski definition) is 0. The second-order valence-corrected chi connectivity index (χ2v) is 9.69. The molecule has 0 N–H and O–H groups in total. The predicted octanol–water partition coefficient (Wildman–Crippen LogP) is 5.59. The third-order valence-electron chi connectivity index (χ3n) is 6.46. The van der Waals surface area contributed by atoms with Crippen LogP contribution in [0.2, 0.25) is 0 Å². The smallest absolute Gasteiger partial charge is 0.246 e. The van der Waals surface area contributed by atoms with Crippen LogP contribution in [0, 0.1) is 5.82 Å². The van der Waals surface area contributed by atoms with Crippen LogP contribution in [0.4, 0.5) is 4.39 Å². The fourth-order valence-electron chi connectivity index (χ4n) is 4.52. The summed E-state index contributed by atoms with van der Waals surface area (Å²) in [5, 5.41) is 0.997. The minimum atomic E-state index is -0.300. The molecule has 1 aromatic heterocycles. The number of benzene rings is 3. The van der Waals surface area contributed by atoms with E-state index in [2.05, 4.69) is 15.9 Å². The topological polar surface area (TPSA) is 45.6 Å². The number of rotatable bonds is 5. The molecule has 0 saturated carbocycles. The fraction of sp³-hybridized carbons (Fsp3) is 0.172. The highest BCUT2D eigenvalue weighted by molar-refractivity contribution is 9.10. The van der Waals surface area contributed by atoms with Crippen molar-refractivity contribution in [3.05, 3.63) is 101 Å². The van der Waals surface area contributed by atoms with Gasteiger partial charge in [0.15, 0.2) is 0 Å². The molecule has 2 amide bonds. The van der Waals surface area contributed by atoms with Crippen molar-refractivity contribution < 1.29 is 14.0 Å². The van der Waals surface area contributed by atoms with E-state index < -0.39 is 0 Å². The normalized spacial score (nSPS) is 14.1. The number of carbonyl (C=O) groups is 2. The summed E-state index contributed by atoms with van der Waals surface area (Å²) >= 11 is 3.52. The molecule has 1 saturated heterocycles. The van der Waals surface area contributed by atoms with E-state index in [9.17, 15) is 14.0 Å². The predicted molar refractivity (Wildman–Crippen MR) is 144 cm³/mol. The van der Waals surface area contributed by atoms with Crippen molar-refractivity contribution in [2.24, 2.45) is 0 Å². The Bertz CT molecular complexity index is 1420. The van der Waals surface area contributed by atoms with Gasteiger partial charge in [-0.15, -0.1) is 0 Å². The molecule has 5 nitrogen and oxygen atoms in total. The quantitative estimate of drug-likeness (QED) is 0.307. The number of fused-ring (bicyclic) bond motifs is 1. The van der Waals surface area contributed by atoms with Crippen molar-refractivity contribution in [2.45, 2.75) is 6.54 Å². The van der Waals surface area contributed by atoms with Crippen molar-refractivity contribution in [2.75, 3.05) is 26.2 Å². The molecule has 5 rings (SSSR count). The highest BCUT2D eigenvalue weighted by Crippen LogP contribution is 2.30. The Labute approximate surface area is 217 Å². The molecular formula is C29H25BrFN3O2. The molecule has 36 heavy (non-hydrogen) atoms. The van der Waals surface area contributed by atoms with E-state index in [0.717, 1.165) is 32.2 Å². The van der Waals surface area contributed by atoms with E-state index in [0.29, 0.717) is 26.2 Å². The Balaban J connectivity index is 1.29. The van der Waals surface area contributed by atoms with E-state index in [1.807, 2.05) is 70.1 Å². The second-order valence-electron chi connectivity index (χ2n) is 8.78. The molecule has 4 aromatic rings. The van der Waals surface area contributed by atoms with Gasteiger partial charge in [0.05, 0.1) is 0 Å². The van der Waals surface area contributed by atoms with Crippen LogP contribution in [0.1, 0.15) is 5.56 Å². The molecule has 7 heteroatoms. The summed E-state index contributed by atoms with van der Waals surface area (Å²) in [6, 6.07) is 24.0. The van der Waals surface area contributed by atoms with Gasteiger partial charge >= 0.3 is 0 Å². The Morgan fingerprint density at radius 1 is 0.861 bits per heavy atom. The van der Waals surface area contributed by atoms with Gasteiger partial charge < -0.3 is 14.4 Å². The zero-order valence-electron chi connectivity index (χ0n) is 19.6. The van der Waals surface area contributed by atoms with Crippen LogP contribution in [0.3, 0.4) is 0 Å². The molecule has 0 aliphatic carbocycles. The first-order valence-corrected chi connectivity index (χ1v) is 12.6. The number of piperazine rings is 1. The van der Waals surface area contributed by atoms with Crippen LogP contribution in [-0.2, 0) is 16.1 Å². The van der Waals surface area contributed by atoms with Crippen molar-refractivity contribution in [1.82, 2.24) is 14.4 Å². The molecule has 1 fully saturated rings. The molecule has 0 unspecified atom stereocenters. The van der Waals surface area contributed by atoms with Gasteiger partial charge in [0.2, 0.25) is 11.8 Å². The first-order valence-electron chi connectivity index (χ1n) is 11.8. The SMILES string of the molecule is O=C(/C=C/c1ccccc1)N1CCN(C(=O)Cn2c(-c3ccc(F)cc3)cc3cc(Br)ccc32)CC1. The van der Waals surface area contributed by atoms with Crippen LogP contribution >= 0.6 is 15.9 Å². The average molecular weight is 546 g/mol. The lowest BCUT2D eigenvalue weighted by Crippen LogP contribution is -2.51. The minimum Gasteiger partial charge on any atom is -0.338 e. The highest BCUT2D eigenvalue weighted by atomic mass is 79.9. The van der Waals surface area contributed by atoms with Gasteiger partial charge in [0.1, 0.15) is 12.4 Å². The van der Waals surface area contributed by atoms with E-state index >= 15 is 0 Å². The van der Waals surface area contributed by atoms with Gasteiger partial charge in [-0.1, -0.05) is 46.3 Å². The van der Waals surface area contributed by atoms with Crippen molar-refractivity contribution in [3.63, 3.8) is 0 Å². The van der Waals surface area contributed by atoms with Crippen LogP contribution in [0.25, 0.3) is 28.2 Å². The van der Waals surface area contributed by atoms with E-state index in [4.69, 9.17) is 0 Å². The van der Waals surface area contributed by atoms with Crippen molar-refractivity contribution in [3.8, 4) is 11.3 Å². The lowest BCUT2D eigenvalue weighted by atomic mass is 10.1. The van der Waals surface area contributed by atoms with E-state index in [1.165, 1.54) is 12.1 Å². The van der Waals surface area contributed by atoms with Gasteiger partial charge in [-0.3, -0.25) is 9.59 Å². The maximum atomic E-state index is 13.5. The number of halogens is 2. The van der Waals surface area contributed by atoms with Crippen LogP contribution in [0.5, 0.6) is 0 Å². The van der Waals surface area contributed by atoms with Gasteiger partial charge in [0.25, 0.3) is 0 Å². The number of hydrogen-bond acceptors (Lipinski definition) is 2. The zero-order chi connectivity index (χ0) is 25.1. The van der Waals surface area contributed by atoms with E-state index in [-0.39, 0.29) is 24.2 Å². The van der Waals surface area contributed by atoms with Crippen LogP contribution in [0.15, 0.2) is 89.4 Å². The Kier molecular flexibility index (Phi) is 7.00. The summed E-state index contributed by atoms with van der Waals surface area (Å²) in [4.78, 5) is 29.5. The van der Waals surface area contributed by atoms with E-state index in [1.54, 1.807) is 23.1 Å². The summed E-state index contributed by atoms with van der Waals surface area (Å²) in [7, 11) is 0.